The maximum Gasteiger partial charge on any atom is 0.147 e. The molecule has 100 valence electrons. The Morgan fingerprint density at radius 3 is 2.65 bits per heavy atom. The molecule has 1 heterocycles. The van der Waals surface area contributed by atoms with Crippen LogP contribution in [-0.4, -0.2) is 10.1 Å². The Morgan fingerprint density at radius 2 is 1.85 bits per heavy atom. The lowest BCUT2D eigenvalue weighted by Gasteiger charge is -2.12. The van der Waals surface area contributed by atoms with Crippen molar-refractivity contribution in [3.05, 3.63) is 77.9 Å². The first-order valence-electron chi connectivity index (χ1n) is 6.49. The Kier molecular flexibility index (Phi) is 3.44. The number of aliphatic hydroxyl groups is 1. The molecule has 0 aliphatic rings. The second-order valence-corrected chi connectivity index (χ2v) is 4.80. The average Bonchev–Trinajstić information content (AvgIpc) is 2.47. The van der Waals surface area contributed by atoms with E-state index in [1.54, 1.807) is 0 Å². The molecule has 0 fully saturated rings. The van der Waals surface area contributed by atoms with E-state index in [2.05, 4.69) is 4.98 Å². The van der Waals surface area contributed by atoms with Gasteiger partial charge >= 0.3 is 0 Å². The molecule has 0 aliphatic heterocycles. The van der Waals surface area contributed by atoms with Gasteiger partial charge in [-0.05, 0) is 22.4 Å². The summed E-state index contributed by atoms with van der Waals surface area (Å²) in [6.45, 7) is 0. The second-order valence-electron chi connectivity index (χ2n) is 4.80. The summed E-state index contributed by atoms with van der Waals surface area (Å²) < 4.78 is 13.6. The number of nitrogens with zero attached hydrogens (tertiary/aromatic N) is 1. The molecule has 1 unspecified atom stereocenters. The maximum atomic E-state index is 13.6. The molecule has 0 spiro atoms. The van der Waals surface area contributed by atoms with Crippen LogP contribution in [0.3, 0.4) is 0 Å². The van der Waals surface area contributed by atoms with Crippen molar-refractivity contribution in [2.75, 3.05) is 0 Å². The van der Waals surface area contributed by atoms with Gasteiger partial charge in [0, 0.05) is 18.2 Å². The summed E-state index contributed by atoms with van der Waals surface area (Å²) in [7, 11) is 0. The minimum Gasteiger partial charge on any atom is -0.388 e. The van der Waals surface area contributed by atoms with Crippen molar-refractivity contribution in [2.45, 2.75) is 12.5 Å². The zero-order chi connectivity index (χ0) is 13.9. The summed E-state index contributed by atoms with van der Waals surface area (Å²) in [6, 6.07) is 15.5. The van der Waals surface area contributed by atoms with Crippen molar-refractivity contribution in [3.8, 4) is 0 Å². The number of rotatable bonds is 3. The minimum absolute atomic E-state index is 0.285. The molecule has 20 heavy (non-hydrogen) atoms. The van der Waals surface area contributed by atoms with E-state index in [4.69, 9.17) is 0 Å². The van der Waals surface area contributed by atoms with Gasteiger partial charge in [0.25, 0.3) is 0 Å². The Balaban J connectivity index is 1.87. The van der Waals surface area contributed by atoms with Gasteiger partial charge in [0.15, 0.2) is 0 Å². The molecule has 0 radical (unpaired) electrons. The third-order valence-corrected chi connectivity index (χ3v) is 3.41. The SMILES string of the molecule is OC(Cc1ccc2ccccc2c1)c1ccncc1F. The fourth-order valence-corrected chi connectivity index (χ4v) is 2.36. The van der Waals surface area contributed by atoms with Crippen molar-refractivity contribution in [1.29, 1.82) is 0 Å². The molecule has 0 aliphatic carbocycles. The summed E-state index contributed by atoms with van der Waals surface area (Å²) in [5, 5.41) is 12.4. The molecule has 1 N–H and O–H groups in total. The quantitative estimate of drug-likeness (QED) is 0.785. The zero-order valence-electron chi connectivity index (χ0n) is 10.8. The predicted octanol–water partition coefficient (Wildman–Crippen LogP) is 3.65. The summed E-state index contributed by atoms with van der Waals surface area (Å²) in [5.41, 5.74) is 1.26. The van der Waals surface area contributed by atoms with Crippen LogP contribution in [0, 0.1) is 5.82 Å². The number of aromatic nitrogens is 1. The minimum atomic E-state index is -0.862. The highest BCUT2D eigenvalue weighted by Gasteiger charge is 2.13. The second kappa shape index (κ2) is 5.39. The van der Waals surface area contributed by atoms with Crippen molar-refractivity contribution < 1.29 is 9.50 Å². The molecule has 3 aromatic rings. The van der Waals surface area contributed by atoms with Crippen LogP contribution in [0.25, 0.3) is 10.8 Å². The first kappa shape index (κ1) is 12.8. The monoisotopic (exact) mass is 267 g/mol. The lowest BCUT2D eigenvalue weighted by atomic mass is 9.99. The van der Waals surface area contributed by atoms with Gasteiger partial charge in [-0.3, -0.25) is 4.98 Å². The smallest absolute Gasteiger partial charge is 0.147 e. The third-order valence-electron chi connectivity index (χ3n) is 3.41. The van der Waals surface area contributed by atoms with Gasteiger partial charge in [-0.15, -0.1) is 0 Å². The highest BCUT2D eigenvalue weighted by molar-refractivity contribution is 5.83. The number of halogens is 1. The number of hydrogen-bond acceptors (Lipinski definition) is 2. The summed E-state index contributed by atoms with van der Waals surface area (Å²) >= 11 is 0. The highest BCUT2D eigenvalue weighted by atomic mass is 19.1. The van der Waals surface area contributed by atoms with Crippen LogP contribution >= 0.6 is 0 Å². The number of aliphatic hydroxyl groups excluding tert-OH is 1. The Labute approximate surface area is 116 Å². The first-order chi connectivity index (χ1) is 9.74. The Bertz CT molecular complexity index is 742. The van der Waals surface area contributed by atoms with E-state index in [-0.39, 0.29) is 5.56 Å². The summed E-state index contributed by atoms with van der Waals surface area (Å²) in [6.07, 6.45) is 2.13. The van der Waals surface area contributed by atoms with Gasteiger partial charge < -0.3 is 5.11 Å². The van der Waals surface area contributed by atoms with E-state index in [0.29, 0.717) is 6.42 Å². The van der Waals surface area contributed by atoms with Crippen molar-refractivity contribution in [1.82, 2.24) is 4.98 Å². The number of pyridine rings is 1. The Morgan fingerprint density at radius 1 is 1.05 bits per heavy atom. The van der Waals surface area contributed by atoms with Gasteiger partial charge in [0.1, 0.15) is 5.82 Å². The van der Waals surface area contributed by atoms with Crippen LogP contribution in [0.4, 0.5) is 4.39 Å². The van der Waals surface area contributed by atoms with Gasteiger partial charge in [0.05, 0.1) is 12.3 Å². The molecule has 0 amide bonds. The van der Waals surface area contributed by atoms with Crippen LogP contribution in [0.2, 0.25) is 0 Å². The van der Waals surface area contributed by atoms with E-state index in [9.17, 15) is 9.50 Å². The van der Waals surface area contributed by atoms with Gasteiger partial charge in [0.2, 0.25) is 0 Å². The lowest BCUT2D eigenvalue weighted by Crippen LogP contribution is -2.04. The predicted molar refractivity (Wildman–Crippen MR) is 76.8 cm³/mol. The van der Waals surface area contributed by atoms with E-state index in [1.807, 2.05) is 42.5 Å². The largest absolute Gasteiger partial charge is 0.388 e. The topological polar surface area (TPSA) is 33.1 Å². The molecule has 3 heteroatoms. The number of benzene rings is 2. The molecular weight excluding hydrogens is 253 g/mol. The fraction of sp³-hybridized carbons (Fsp3) is 0.118. The van der Waals surface area contributed by atoms with Crippen LogP contribution < -0.4 is 0 Å². The normalized spacial score (nSPS) is 12.5. The third kappa shape index (κ3) is 2.53. The summed E-state index contributed by atoms with van der Waals surface area (Å²) in [4.78, 5) is 3.69. The maximum absolute atomic E-state index is 13.6. The van der Waals surface area contributed by atoms with Gasteiger partial charge in [-0.2, -0.15) is 0 Å². The van der Waals surface area contributed by atoms with E-state index in [1.165, 1.54) is 12.3 Å². The first-order valence-corrected chi connectivity index (χ1v) is 6.49. The molecule has 0 saturated heterocycles. The van der Waals surface area contributed by atoms with Crippen molar-refractivity contribution in [2.24, 2.45) is 0 Å². The molecule has 0 saturated carbocycles. The molecule has 2 nitrogen and oxygen atoms in total. The standard InChI is InChI=1S/C17H14FNO/c18-16-11-19-8-7-15(16)17(20)10-12-5-6-13-3-1-2-4-14(13)9-12/h1-9,11,17,20H,10H2. The summed E-state index contributed by atoms with van der Waals surface area (Å²) in [5.74, 6) is -0.471. The van der Waals surface area contributed by atoms with Crippen molar-refractivity contribution in [3.63, 3.8) is 0 Å². The molecule has 3 rings (SSSR count). The number of fused-ring (bicyclic) bond motifs is 1. The van der Waals surface area contributed by atoms with Crippen LogP contribution in [0.5, 0.6) is 0 Å². The number of hydrogen-bond donors (Lipinski definition) is 1. The van der Waals surface area contributed by atoms with Crippen molar-refractivity contribution >= 4 is 10.8 Å². The molecule has 0 bridgehead atoms. The zero-order valence-corrected chi connectivity index (χ0v) is 10.8. The average molecular weight is 267 g/mol. The fourth-order valence-electron chi connectivity index (χ4n) is 2.36. The molecule has 2 aromatic carbocycles. The van der Waals surface area contributed by atoms with E-state index < -0.39 is 11.9 Å². The lowest BCUT2D eigenvalue weighted by molar-refractivity contribution is 0.173. The van der Waals surface area contributed by atoms with Crippen LogP contribution in [0.15, 0.2) is 60.9 Å². The van der Waals surface area contributed by atoms with E-state index in [0.717, 1.165) is 22.5 Å². The van der Waals surface area contributed by atoms with E-state index >= 15 is 0 Å². The van der Waals surface area contributed by atoms with Crippen LogP contribution in [0.1, 0.15) is 17.2 Å². The van der Waals surface area contributed by atoms with Gasteiger partial charge in [-0.25, -0.2) is 4.39 Å². The molecule has 1 aromatic heterocycles. The van der Waals surface area contributed by atoms with Crippen LogP contribution in [-0.2, 0) is 6.42 Å². The van der Waals surface area contributed by atoms with Gasteiger partial charge in [-0.1, -0.05) is 42.5 Å². The molecule has 1 atom stereocenters. The Hall–Kier alpha value is -2.26. The highest BCUT2D eigenvalue weighted by Crippen LogP contribution is 2.23. The molecular formula is C17H14FNO.